The molecule has 0 spiro atoms. The second-order valence-electron chi connectivity index (χ2n) is 5.68. The van der Waals surface area contributed by atoms with Crippen molar-refractivity contribution in [2.24, 2.45) is 0 Å². The molecule has 13 heteroatoms. The van der Waals surface area contributed by atoms with E-state index in [0.717, 1.165) is 0 Å². The van der Waals surface area contributed by atoms with Gasteiger partial charge >= 0.3 is 11.9 Å². The second-order valence-corrected chi connectivity index (χ2v) is 10.1. The van der Waals surface area contributed by atoms with Gasteiger partial charge in [-0.1, -0.05) is 18.5 Å². The van der Waals surface area contributed by atoms with Gasteiger partial charge < -0.3 is 10.2 Å². The average molecular weight is 457 g/mol. The number of nitrogens with zero attached hydrogens (tertiary/aromatic N) is 2. The van der Waals surface area contributed by atoms with Crippen molar-refractivity contribution in [3.63, 3.8) is 0 Å². The lowest BCUT2D eigenvalue weighted by Crippen LogP contribution is -2.50. The van der Waals surface area contributed by atoms with Crippen molar-refractivity contribution in [3.05, 3.63) is 29.3 Å². The van der Waals surface area contributed by atoms with E-state index in [1.165, 1.54) is 32.9 Å². The molecule has 0 saturated carbocycles. The monoisotopic (exact) mass is 456 g/mol. The number of carbonyl (C=O) groups is 2. The third-order valence-electron chi connectivity index (χ3n) is 3.69. The van der Waals surface area contributed by atoms with Gasteiger partial charge in [0.25, 0.3) is 0 Å². The van der Waals surface area contributed by atoms with Crippen LogP contribution in [-0.2, 0) is 29.6 Å². The normalized spacial score (nSPS) is 16.1. The van der Waals surface area contributed by atoms with Crippen molar-refractivity contribution < 1.29 is 36.6 Å². The highest BCUT2D eigenvalue weighted by atomic mass is 35.5. The quantitative estimate of drug-likeness (QED) is 0.609. The summed E-state index contributed by atoms with van der Waals surface area (Å²) in [5.74, 6) is -3.55. The molecule has 1 aliphatic rings. The van der Waals surface area contributed by atoms with Crippen LogP contribution in [0.5, 0.6) is 0 Å². The summed E-state index contributed by atoms with van der Waals surface area (Å²) >= 11 is 5.76. The molecule has 1 aromatic rings. The summed E-state index contributed by atoms with van der Waals surface area (Å²) in [7, 11) is -6.88. The molecule has 0 radical (unpaired) electrons. The molecule has 0 bridgehead atoms. The minimum atomic E-state index is -3.61. The van der Waals surface area contributed by atoms with Gasteiger partial charge in [0.1, 0.15) is 0 Å². The Morgan fingerprint density at radius 3 is 1.75 bits per heavy atom. The maximum absolute atomic E-state index is 12.5. The molecule has 10 nitrogen and oxygen atoms in total. The molecule has 2 rings (SSSR count). The Hall–Kier alpha value is -1.73. The molecule has 0 aromatic heterocycles. The van der Waals surface area contributed by atoms with E-state index in [2.05, 4.69) is 0 Å². The molecule has 2 N–H and O–H groups in total. The third kappa shape index (κ3) is 6.71. The minimum Gasteiger partial charge on any atom is -0.473 e. The van der Waals surface area contributed by atoms with E-state index >= 15 is 0 Å². The lowest BCUT2D eigenvalue weighted by Gasteiger charge is -2.33. The van der Waals surface area contributed by atoms with E-state index in [4.69, 9.17) is 31.4 Å². The second kappa shape index (κ2) is 10.2. The molecule has 28 heavy (non-hydrogen) atoms. The number of hydrogen-bond donors (Lipinski definition) is 2. The predicted octanol–water partition coefficient (Wildman–Crippen LogP) is 0.542. The molecule has 0 atom stereocenters. The van der Waals surface area contributed by atoms with Crippen LogP contribution >= 0.6 is 11.6 Å². The molecule has 158 valence electrons. The standard InChI is InChI=1S/C13H19ClN2O4S2.C2H2O4/c1-2-11-21(17,18)15-7-9-16(10-8-15)22(19,20)13-5-3-12(14)4-6-13;3-1(4)2(5)6/h3-6H,2,7-11H2,1H3;(H,3,4)(H,5,6). The summed E-state index contributed by atoms with van der Waals surface area (Å²) < 4.78 is 51.7. The van der Waals surface area contributed by atoms with Gasteiger partial charge in [0.05, 0.1) is 10.6 Å². The first kappa shape index (κ1) is 24.3. The van der Waals surface area contributed by atoms with Gasteiger partial charge in [-0.25, -0.2) is 26.4 Å². The van der Waals surface area contributed by atoms with Crippen molar-refractivity contribution in [1.29, 1.82) is 0 Å². The molecule has 1 aliphatic heterocycles. The topological polar surface area (TPSA) is 149 Å². The number of sulfonamides is 2. The van der Waals surface area contributed by atoms with Crippen LogP contribution in [0.15, 0.2) is 29.2 Å². The Morgan fingerprint density at radius 1 is 0.929 bits per heavy atom. The van der Waals surface area contributed by atoms with Crippen molar-refractivity contribution in [3.8, 4) is 0 Å². The molecule has 1 aromatic carbocycles. The first-order valence-electron chi connectivity index (χ1n) is 8.11. The molecule has 1 fully saturated rings. The SMILES string of the molecule is CCCS(=O)(=O)N1CCN(S(=O)(=O)c2ccc(Cl)cc2)CC1.O=C(O)C(=O)O. The molecule has 1 heterocycles. The largest absolute Gasteiger partial charge is 0.473 e. The predicted molar refractivity (Wildman–Crippen MR) is 101 cm³/mol. The van der Waals surface area contributed by atoms with Crippen LogP contribution in [0.3, 0.4) is 0 Å². The van der Waals surface area contributed by atoms with Gasteiger partial charge in [-0.05, 0) is 30.7 Å². The van der Waals surface area contributed by atoms with Crippen LogP contribution in [-0.4, -0.2) is 79.5 Å². The zero-order chi connectivity index (χ0) is 21.5. The van der Waals surface area contributed by atoms with Gasteiger partial charge in [-0.3, -0.25) is 0 Å². The van der Waals surface area contributed by atoms with E-state index in [-0.39, 0.29) is 36.8 Å². The van der Waals surface area contributed by atoms with Gasteiger partial charge in [0, 0.05) is 31.2 Å². The van der Waals surface area contributed by atoms with Crippen LogP contribution in [0.4, 0.5) is 0 Å². The molecular weight excluding hydrogens is 436 g/mol. The average Bonchev–Trinajstić information content (AvgIpc) is 2.62. The first-order valence-corrected chi connectivity index (χ1v) is 11.5. The summed E-state index contributed by atoms with van der Waals surface area (Å²) in [5.41, 5.74) is 0. The van der Waals surface area contributed by atoms with Crippen LogP contribution in [0.25, 0.3) is 0 Å². The van der Waals surface area contributed by atoms with Gasteiger partial charge in [-0.15, -0.1) is 0 Å². The van der Waals surface area contributed by atoms with E-state index in [0.29, 0.717) is 11.4 Å². The molecule has 0 unspecified atom stereocenters. The van der Waals surface area contributed by atoms with Gasteiger partial charge in [-0.2, -0.15) is 8.61 Å². The van der Waals surface area contributed by atoms with Crippen LogP contribution < -0.4 is 0 Å². The van der Waals surface area contributed by atoms with Crippen LogP contribution in [0, 0.1) is 0 Å². The number of carboxylic acid groups (broad SMARTS) is 2. The lowest BCUT2D eigenvalue weighted by molar-refractivity contribution is -0.159. The highest BCUT2D eigenvalue weighted by molar-refractivity contribution is 7.89. The maximum atomic E-state index is 12.5. The number of aliphatic carboxylic acids is 2. The zero-order valence-electron chi connectivity index (χ0n) is 15.0. The fourth-order valence-electron chi connectivity index (χ4n) is 2.33. The number of halogens is 1. The zero-order valence-corrected chi connectivity index (χ0v) is 17.4. The number of piperazine rings is 1. The summed E-state index contributed by atoms with van der Waals surface area (Å²) in [6.07, 6.45) is 0.547. The fourth-order valence-corrected chi connectivity index (χ4v) is 5.37. The van der Waals surface area contributed by atoms with E-state index in [1.807, 2.05) is 0 Å². The summed E-state index contributed by atoms with van der Waals surface area (Å²) in [6, 6.07) is 5.96. The third-order valence-corrected chi connectivity index (χ3v) is 7.93. The highest BCUT2D eigenvalue weighted by Gasteiger charge is 2.32. The Bertz CT molecular complexity index is 880. The van der Waals surface area contributed by atoms with Crippen LogP contribution in [0.2, 0.25) is 5.02 Å². The van der Waals surface area contributed by atoms with Crippen LogP contribution in [0.1, 0.15) is 13.3 Å². The van der Waals surface area contributed by atoms with Crippen molar-refractivity contribution in [1.82, 2.24) is 8.61 Å². The van der Waals surface area contributed by atoms with Crippen molar-refractivity contribution >= 4 is 43.6 Å². The maximum Gasteiger partial charge on any atom is 0.414 e. The van der Waals surface area contributed by atoms with E-state index < -0.39 is 32.0 Å². The number of rotatable bonds is 5. The minimum absolute atomic E-state index is 0.0942. The summed E-state index contributed by atoms with van der Waals surface area (Å²) in [4.78, 5) is 18.4. The number of benzene rings is 1. The van der Waals surface area contributed by atoms with Crippen molar-refractivity contribution in [2.75, 3.05) is 31.9 Å². The Labute approximate surface area is 168 Å². The molecule has 0 aliphatic carbocycles. The number of hydrogen-bond acceptors (Lipinski definition) is 6. The lowest BCUT2D eigenvalue weighted by atomic mass is 10.4. The molecule has 1 saturated heterocycles. The van der Waals surface area contributed by atoms with E-state index in [9.17, 15) is 16.8 Å². The summed E-state index contributed by atoms with van der Waals surface area (Å²) in [6.45, 7) is 2.50. The Balaban J connectivity index is 0.000000568. The molecule has 0 amide bonds. The van der Waals surface area contributed by atoms with E-state index in [1.54, 1.807) is 6.92 Å². The first-order chi connectivity index (χ1) is 12.9. The number of carboxylic acids is 2. The highest BCUT2D eigenvalue weighted by Crippen LogP contribution is 2.20. The summed E-state index contributed by atoms with van der Waals surface area (Å²) in [5, 5.41) is 15.2. The molecular formula is C15H21ClN2O8S2. The Morgan fingerprint density at radius 2 is 1.36 bits per heavy atom. The fraction of sp³-hybridized carbons (Fsp3) is 0.467. The smallest absolute Gasteiger partial charge is 0.414 e. The van der Waals surface area contributed by atoms with Crippen molar-refractivity contribution in [2.45, 2.75) is 18.2 Å². The Kier molecular flexibility index (Phi) is 8.82. The van der Waals surface area contributed by atoms with Gasteiger partial charge in [0.15, 0.2) is 0 Å². The van der Waals surface area contributed by atoms with Gasteiger partial charge in [0.2, 0.25) is 20.0 Å².